The molecule has 0 saturated carbocycles. The van der Waals surface area contributed by atoms with E-state index in [9.17, 15) is 26.4 Å². The van der Waals surface area contributed by atoms with Crippen LogP contribution in [0, 0.1) is 5.92 Å². The van der Waals surface area contributed by atoms with Gasteiger partial charge < -0.3 is 14.2 Å². The van der Waals surface area contributed by atoms with E-state index in [0.29, 0.717) is 19.4 Å². The van der Waals surface area contributed by atoms with Crippen LogP contribution >= 0.6 is 0 Å². The Bertz CT molecular complexity index is 1020. The molecule has 0 bridgehead atoms. The van der Waals surface area contributed by atoms with E-state index in [-0.39, 0.29) is 16.4 Å². The van der Waals surface area contributed by atoms with Crippen molar-refractivity contribution in [1.29, 1.82) is 0 Å². The van der Waals surface area contributed by atoms with Crippen molar-refractivity contribution >= 4 is 15.7 Å². The molecule has 1 fully saturated rings. The molecule has 1 aliphatic heterocycles. The van der Waals surface area contributed by atoms with Crippen molar-refractivity contribution in [2.75, 3.05) is 12.4 Å². The highest BCUT2D eigenvalue weighted by Crippen LogP contribution is 2.29. The van der Waals surface area contributed by atoms with Crippen LogP contribution in [0.15, 0.2) is 53.4 Å². The molecule has 2 N–H and O–H groups in total. The number of carbonyl (C=O) groups excluding carboxylic acids is 1. The van der Waals surface area contributed by atoms with Crippen molar-refractivity contribution in [1.82, 2.24) is 5.48 Å². The minimum absolute atomic E-state index is 0.0625. The summed E-state index contributed by atoms with van der Waals surface area (Å²) in [6.45, 7) is 0.412. The van der Waals surface area contributed by atoms with Crippen molar-refractivity contribution in [3.05, 3.63) is 48.5 Å². The lowest BCUT2D eigenvalue weighted by Crippen LogP contribution is -2.40. The number of hydroxylamine groups is 1. The Hall–Kier alpha value is -2.83. The minimum Gasteiger partial charge on any atom is -0.457 e. The maximum Gasteiger partial charge on any atom is 0.573 e. The van der Waals surface area contributed by atoms with Gasteiger partial charge in [-0.1, -0.05) is 0 Å². The van der Waals surface area contributed by atoms with E-state index in [4.69, 9.17) is 14.7 Å². The van der Waals surface area contributed by atoms with Gasteiger partial charge in [0.15, 0.2) is 9.84 Å². The van der Waals surface area contributed by atoms with Crippen molar-refractivity contribution in [3.8, 4) is 17.2 Å². The summed E-state index contributed by atoms with van der Waals surface area (Å²) in [5.41, 5.74) is 1.49. The Morgan fingerprint density at radius 2 is 1.66 bits per heavy atom. The summed E-state index contributed by atoms with van der Waals surface area (Å²) in [7, 11) is -3.90. The fourth-order valence-electron chi connectivity index (χ4n) is 3.25. The van der Waals surface area contributed by atoms with Crippen molar-refractivity contribution < 1.29 is 45.8 Å². The van der Waals surface area contributed by atoms with Crippen LogP contribution in [0.3, 0.4) is 0 Å². The summed E-state index contributed by atoms with van der Waals surface area (Å²) in [6, 6.07) is 10.0. The summed E-state index contributed by atoms with van der Waals surface area (Å²) in [4.78, 5) is 11.9. The first-order valence-corrected chi connectivity index (χ1v) is 11.1. The molecule has 0 aliphatic carbocycles. The van der Waals surface area contributed by atoms with Gasteiger partial charge in [-0.15, -0.1) is 13.2 Å². The molecule has 2 aromatic carbocycles. The molecule has 32 heavy (non-hydrogen) atoms. The van der Waals surface area contributed by atoms with E-state index in [0.717, 1.165) is 12.1 Å². The summed E-state index contributed by atoms with van der Waals surface area (Å²) < 4.78 is 76.9. The zero-order valence-corrected chi connectivity index (χ0v) is 17.4. The van der Waals surface area contributed by atoms with Crippen molar-refractivity contribution in [3.63, 3.8) is 0 Å². The zero-order valence-electron chi connectivity index (χ0n) is 16.5. The molecule has 1 saturated heterocycles. The molecule has 174 valence electrons. The first-order chi connectivity index (χ1) is 15.1. The first-order valence-electron chi connectivity index (χ1n) is 9.49. The Balaban J connectivity index is 1.68. The van der Waals surface area contributed by atoms with Crippen LogP contribution in [0.2, 0.25) is 0 Å². The van der Waals surface area contributed by atoms with Gasteiger partial charge in [0.05, 0.1) is 22.7 Å². The lowest BCUT2D eigenvalue weighted by molar-refractivity contribution is -0.274. The van der Waals surface area contributed by atoms with Crippen molar-refractivity contribution in [2.45, 2.75) is 30.2 Å². The third-order valence-corrected chi connectivity index (χ3v) is 6.52. The van der Waals surface area contributed by atoms with E-state index in [1.165, 1.54) is 41.9 Å². The molecule has 0 unspecified atom stereocenters. The number of hydrogen-bond donors (Lipinski definition) is 2. The zero-order chi connectivity index (χ0) is 23.4. The Morgan fingerprint density at radius 3 is 2.16 bits per heavy atom. The monoisotopic (exact) mass is 475 g/mol. The van der Waals surface area contributed by atoms with Crippen LogP contribution in [0.25, 0.3) is 0 Å². The number of sulfone groups is 1. The third kappa shape index (κ3) is 6.34. The average molecular weight is 475 g/mol. The van der Waals surface area contributed by atoms with Gasteiger partial charge in [-0.25, -0.2) is 13.9 Å². The van der Waals surface area contributed by atoms with Crippen LogP contribution in [-0.4, -0.2) is 44.4 Å². The van der Waals surface area contributed by atoms with Gasteiger partial charge in [-0.05, 0) is 61.4 Å². The van der Waals surface area contributed by atoms with Crippen LogP contribution in [0.4, 0.5) is 13.2 Å². The number of carbonyl (C=O) groups is 1. The quantitative estimate of drug-likeness (QED) is 0.444. The lowest BCUT2D eigenvalue weighted by Gasteiger charge is -2.20. The third-order valence-electron chi connectivity index (χ3n) is 4.74. The second-order valence-corrected chi connectivity index (χ2v) is 9.04. The molecule has 8 nitrogen and oxygen atoms in total. The molecular formula is C20H20F3NO7S. The number of rotatable bonds is 8. The minimum atomic E-state index is -4.80. The Morgan fingerprint density at radius 1 is 1.09 bits per heavy atom. The standard InChI is InChI=1S/C20H20F3NO7S/c21-20(22,23)31-15-5-3-13(4-6-15)30-14-7-9-16(10-8-14)32(27,28)12-17(19(25)24-26)18-2-1-11-29-18/h3-10,17-18,26H,1-2,11-12H2,(H,24,25)/t17-,18-/m1/s1. The van der Waals surface area contributed by atoms with Gasteiger partial charge in [-0.2, -0.15) is 0 Å². The van der Waals surface area contributed by atoms with Gasteiger partial charge in [0, 0.05) is 6.61 Å². The van der Waals surface area contributed by atoms with Crippen LogP contribution < -0.4 is 15.0 Å². The Labute approximate surface area is 181 Å². The highest BCUT2D eigenvalue weighted by Gasteiger charge is 2.36. The summed E-state index contributed by atoms with van der Waals surface area (Å²) in [6.07, 6.45) is -4.21. The summed E-state index contributed by atoms with van der Waals surface area (Å²) in [5.74, 6) is -2.39. The SMILES string of the molecule is O=C(NO)[C@H](CS(=O)(=O)c1ccc(Oc2ccc(OC(F)(F)F)cc2)cc1)[C@H]1CCCO1. The summed E-state index contributed by atoms with van der Waals surface area (Å²) in [5, 5.41) is 8.95. The second kappa shape index (κ2) is 9.76. The molecule has 1 heterocycles. The number of amides is 1. The maximum absolute atomic E-state index is 12.8. The number of hydrogen-bond acceptors (Lipinski definition) is 7. The van der Waals surface area contributed by atoms with Crippen LogP contribution in [0.1, 0.15) is 12.8 Å². The fraction of sp³-hybridized carbons (Fsp3) is 0.350. The predicted octanol–water partition coefficient (Wildman–Crippen LogP) is 3.45. The largest absolute Gasteiger partial charge is 0.573 e. The van der Waals surface area contributed by atoms with Gasteiger partial charge in [0.1, 0.15) is 17.2 Å². The molecule has 12 heteroatoms. The molecular weight excluding hydrogens is 455 g/mol. The number of halogens is 3. The molecule has 0 spiro atoms. The topological polar surface area (TPSA) is 111 Å². The molecule has 2 atom stereocenters. The van der Waals surface area contributed by atoms with Crippen LogP contribution in [0.5, 0.6) is 17.2 Å². The average Bonchev–Trinajstić information content (AvgIpc) is 3.27. The van der Waals surface area contributed by atoms with E-state index in [2.05, 4.69) is 4.74 Å². The van der Waals surface area contributed by atoms with Crippen LogP contribution in [-0.2, 0) is 19.4 Å². The smallest absolute Gasteiger partial charge is 0.457 e. The van der Waals surface area contributed by atoms with Gasteiger partial charge in [-0.3, -0.25) is 10.0 Å². The predicted molar refractivity (Wildman–Crippen MR) is 104 cm³/mol. The molecule has 1 amide bonds. The number of alkyl halides is 3. The maximum atomic E-state index is 12.8. The Kier molecular flexibility index (Phi) is 7.26. The first kappa shape index (κ1) is 23.8. The lowest BCUT2D eigenvalue weighted by atomic mass is 10.0. The molecule has 0 radical (unpaired) electrons. The van der Waals surface area contributed by atoms with Gasteiger partial charge >= 0.3 is 6.36 Å². The molecule has 3 rings (SSSR count). The molecule has 1 aliphatic rings. The number of benzene rings is 2. The van der Waals surface area contributed by atoms with Gasteiger partial charge in [0.25, 0.3) is 0 Å². The highest BCUT2D eigenvalue weighted by atomic mass is 32.2. The number of ether oxygens (including phenoxy) is 3. The molecule has 0 aromatic heterocycles. The summed E-state index contributed by atoms with van der Waals surface area (Å²) >= 11 is 0. The normalized spacial score (nSPS) is 17.6. The van der Waals surface area contributed by atoms with Gasteiger partial charge in [0.2, 0.25) is 5.91 Å². The number of nitrogens with one attached hydrogen (secondary N) is 1. The highest BCUT2D eigenvalue weighted by molar-refractivity contribution is 7.91. The van der Waals surface area contributed by atoms with E-state index >= 15 is 0 Å². The molecule has 2 aromatic rings. The van der Waals surface area contributed by atoms with E-state index < -0.39 is 45.6 Å². The van der Waals surface area contributed by atoms with E-state index in [1.807, 2.05) is 0 Å². The van der Waals surface area contributed by atoms with E-state index in [1.54, 1.807) is 0 Å². The van der Waals surface area contributed by atoms with Crippen molar-refractivity contribution in [2.24, 2.45) is 5.92 Å². The second-order valence-electron chi connectivity index (χ2n) is 7.01. The fourth-order valence-corrected chi connectivity index (χ4v) is 4.83.